The van der Waals surface area contributed by atoms with Crippen molar-refractivity contribution in [3.8, 4) is 0 Å². The van der Waals surface area contributed by atoms with E-state index in [-0.39, 0.29) is 11.8 Å². The van der Waals surface area contributed by atoms with Crippen LogP contribution in [-0.4, -0.2) is 19.0 Å². The lowest BCUT2D eigenvalue weighted by molar-refractivity contribution is -0.123. The molecule has 2 N–H and O–H groups in total. The van der Waals surface area contributed by atoms with Crippen LogP contribution in [0.2, 0.25) is 0 Å². The van der Waals surface area contributed by atoms with Crippen LogP contribution >= 0.6 is 0 Å². The number of hydrogen-bond acceptors (Lipinski definition) is 2. The maximum absolute atomic E-state index is 11.4. The molecule has 1 aromatic carbocycles. The van der Waals surface area contributed by atoms with Crippen LogP contribution in [0.3, 0.4) is 0 Å². The molecule has 0 aromatic heterocycles. The van der Waals surface area contributed by atoms with Gasteiger partial charge in [-0.3, -0.25) is 4.79 Å². The third-order valence-corrected chi connectivity index (χ3v) is 3.27. The first-order valence-corrected chi connectivity index (χ1v) is 6.97. The summed E-state index contributed by atoms with van der Waals surface area (Å²) in [5.41, 5.74) is 5.33. The molecule has 0 fully saturated rings. The van der Waals surface area contributed by atoms with Crippen LogP contribution in [0.5, 0.6) is 0 Å². The number of aryl methyl sites for hydroxylation is 3. The molecule has 0 aliphatic carbocycles. The SMILES string of the molecule is Cc1cc(C)c(CNCCNC(=O)C(C)C)c(C)c1. The molecule has 1 rings (SSSR count). The molecular weight excluding hydrogens is 236 g/mol. The average Bonchev–Trinajstić information content (AvgIpc) is 2.30. The zero-order valence-corrected chi connectivity index (χ0v) is 12.8. The summed E-state index contributed by atoms with van der Waals surface area (Å²) in [4.78, 5) is 11.4. The number of amides is 1. The molecule has 0 saturated carbocycles. The summed E-state index contributed by atoms with van der Waals surface area (Å²) >= 11 is 0. The molecule has 19 heavy (non-hydrogen) atoms. The van der Waals surface area contributed by atoms with Crippen LogP contribution in [0.1, 0.15) is 36.1 Å². The van der Waals surface area contributed by atoms with E-state index in [0.29, 0.717) is 6.54 Å². The highest BCUT2D eigenvalue weighted by Gasteiger charge is 2.05. The molecule has 3 nitrogen and oxygen atoms in total. The van der Waals surface area contributed by atoms with E-state index in [4.69, 9.17) is 0 Å². The van der Waals surface area contributed by atoms with E-state index in [1.165, 1.54) is 22.3 Å². The molecule has 1 aromatic rings. The summed E-state index contributed by atoms with van der Waals surface area (Å²) in [7, 11) is 0. The molecule has 0 aliphatic heterocycles. The van der Waals surface area contributed by atoms with Gasteiger partial charge in [0.15, 0.2) is 0 Å². The molecule has 0 bridgehead atoms. The van der Waals surface area contributed by atoms with E-state index in [1.54, 1.807) is 0 Å². The molecule has 0 heterocycles. The summed E-state index contributed by atoms with van der Waals surface area (Å²) in [5, 5.41) is 6.29. The second-order valence-electron chi connectivity index (χ2n) is 5.50. The number of carbonyl (C=O) groups excluding carboxylic acids is 1. The van der Waals surface area contributed by atoms with Crippen LogP contribution < -0.4 is 10.6 Å². The monoisotopic (exact) mass is 262 g/mol. The molecular formula is C16H26N2O. The lowest BCUT2D eigenvalue weighted by Crippen LogP contribution is -2.34. The lowest BCUT2D eigenvalue weighted by Gasteiger charge is -2.13. The largest absolute Gasteiger partial charge is 0.355 e. The molecule has 0 unspecified atom stereocenters. The normalized spacial score (nSPS) is 10.8. The highest BCUT2D eigenvalue weighted by Crippen LogP contribution is 2.15. The van der Waals surface area contributed by atoms with Gasteiger partial charge in [0.2, 0.25) is 5.91 Å². The Morgan fingerprint density at radius 2 is 1.68 bits per heavy atom. The van der Waals surface area contributed by atoms with Gasteiger partial charge in [-0.1, -0.05) is 31.5 Å². The third-order valence-electron chi connectivity index (χ3n) is 3.27. The minimum atomic E-state index is 0.0570. The minimum Gasteiger partial charge on any atom is -0.355 e. The summed E-state index contributed by atoms with van der Waals surface area (Å²) in [6.45, 7) is 12.6. The molecule has 0 saturated heterocycles. The van der Waals surface area contributed by atoms with Gasteiger partial charge in [-0.2, -0.15) is 0 Å². The van der Waals surface area contributed by atoms with Crippen molar-refractivity contribution >= 4 is 5.91 Å². The van der Waals surface area contributed by atoms with Gasteiger partial charge in [0.1, 0.15) is 0 Å². The van der Waals surface area contributed by atoms with Crippen molar-refractivity contribution in [1.29, 1.82) is 0 Å². The maximum Gasteiger partial charge on any atom is 0.222 e. The van der Waals surface area contributed by atoms with E-state index < -0.39 is 0 Å². The van der Waals surface area contributed by atoms with Gasteiger partial charge in [-0.05, 0) is 37.5 Å². The van der Waals surface area contributed by atoms with Crippen molar-refractivity contribution in [2.75, 3.05) is 13.1 Å². The quantitative estimate of drug-likeness (QED) is 0.773. The van der Waals surface area contributed by atoms with Crippen molar-refractivity contribution in [3.63, 3.8) is 0 Å². The molecule has 0 radical (unpaired) electrons. The smallest absolute Gasteiger partial charge is 0.222 e. The first kappa shape index (κ1) is 15.7. The van der Waals surface area contributed by atoms with Crippen molar-refractivity contribution in [3.05, 3.63) is 34.4 Å². The Hall–Kier alpha value is -1.35. The number of hydrogen-bond donors (Lipinski definition) is 2. The van der Waals surface area contributed by atoms with Crippen LogP contribution in [0.4, 0.5) is 0 Å². The van der Waals surface area contributed by atoms with Gasteiger partial charge in [0, 0.05) is 25.6 Å². The standard InChI is InChI=1S/C16H26N2O/c1-11(2)16(19)18-7-6-17-10-15-13(4)8-12(3)9-14(15)5/h8-9,11,17H,6-7,10H2,1-5H3,(H,18,19). The first-order valence-electron chi connectivity index (χ1n) is 6.97. The van der Waals surface area contributed by atoms with Gasteiger partial charge in [-0.15, -0.1) is 0 Å². The minimum absolute atomic E-state index is 0.0570. The molecule has 0 spiro atoms. The predicted molar refractivity (Wildman–Crippen MR) is 80.2 cm³/mol. The van der Waals surface area contributed by atoms with E-state index in [9.17, 15) is 4.79 Å². The zero-order chi connectivity index (χ0) is 14.4. The van der Waals surface area contributed by atoms with Gasteiger partial charge >= 0.3 is 0 Å². The Morgan fingerprint density at radius 3 is 2.21 bits per heavy atom. The van der Waals surface area contributed by atoms with Gasteiger partial charge < -0.3 is 10.6 Å². The fourth-order valence-corrected chi connectivity index (χ4v) is 2.18. The van der Waals surface area contributed by atoms with Crippen molar-refractivity contribution < 1.29 is 4.79 Å². The summed E-state index contributed by atoms with van der Waals surface area (Å²) < 4.78 is 0. The van der Waals surface area contributed by atoms with Crippen LogP contribution in [0.25, 0.3) is 0 Å². The number of nitrogens with one attached hydrogen (secondary N) is 2. The second-order valence-corrected chi connectivity index (χ2v) is 5.50. The van der Waals surface area contributed by atoms with Gasteiger partial charge in [-0.25, -0.2) is 0 Å². The van der Waals surface area contributed by atoms with Gasteiger partial charge in [0.25, 0.3) is 0 Å². The first-order chi connectivity index (χ1) is 8.91. The average molecular weight is 262 g/mol. The lowest BCUT2D eigenvalue weighted by atomic mass is 10.00. The molecule has 106 valence electrons. The van der Waals surface area contributed by atoms with E-state index in [1.807, 2.05) is 13.8 Å². The van der Waals surface area contributed by atoms with Crippen LogP contribution in [-0.2, 0) is 11.3 Å². The Morgan fingerprint density at radius 1 is 1.11 bits per heavy atom. The second kappa shape index (κ2) is 7.29. The Bertz CT molecular complexity index is 415. The molecule has 3 heteroatoms. The predicted octanol–water partition coefficient (Wildman–Crippen LogP) is 2.47. The Kier molecular flexibility index (Phi) is 6.03. The number of carbonyl (C=O) groups is 1. The fraction of sp³-hybridized carbons (Fsp3) is 0.562. The Labute approximate surface area is 116 Å². The fourth-order valence-electron chi connectivity index (χ4n) is 2.18. The number of benzene rings is 1. The van der Waals surface area contributed by atoms with E-state index in [2.05, 4.69) is 43.5 Å². The van der Waals surface area contributed by atoms with Crippen molar-refractivity contribution in [1.82, 2.24) is 10.6 Å². The third kappa shape index (κ3) is 5.03. The Balaban J connectivity index is 2.36. The van der Waals surface area contributed by atoms with E-state index >= 15 is 0 Å². The molecule has 0 atom stereocenters. The van der Waals surface area contributed by atoms with Gasteiger partial charge in [0.05, 0.1) is 0 Å². The summed E-state index contributed by atoms with van der Waals surface area (Å²) in [6, 6.07) is 4.43. The topological polar surface area (TPSA) is 41.1 Å². The number of rotatable bonds is 6. The highest BCUT2D eigenvalue weighted by atomic mass is 16.1. The maximum atomic E-state index is 11.4. The molecule has 1 amide bonds. The highest BCUT2D eigenvalue weighted by molar-refractivity contribution is 5.77. The van der Waals surface area contributed by atoms with Crippen molar-refractivity contribution in [2.24, 2.45) is 5.92 Å². The summed E-state index contributed by atoms with van der Waals surface area (Å²) in [5.74, 6) is 0.172. The molecule has 0 aliphatic rings. The van der Waals surface area contributed by atoms with Crippen LogP contribution in [0.15, 0.2) is 12.1 Å². The van der Waals surface area contributed by atoms with Crippen molar-refractivity contribution in [2.45, 2.75) is 41.2 Å². The summed E-state index contributed by atoms with van der Waals surface area (Å²) in [6.07, 6.45) is 0. The van der Waals surface area contributed by atoms with E-state index in [0.717, 1.165) is 13.1 Å². The van der Waals surface area contributed by atoms with Crippen LogP contribution in [0, 0.1) is 26.7 Å². The zero-order valence-electron chi connectivity index (χ0n) is 12.8.